The van der Waals surface area contributed by atoms with Gasteiger partial charge in [0.15, 0.2) is 0 Å². The average Bonchev–Trinajstić information content (AvgIpc) is 2.92. The van der Waals surface area contributed by atoms with E-state index in [1.807, 2.05) is 53.4 Å². The normalized spacial score (nSPS) is 17.2. The van der Waals surface area contributed by atoms with Crippen LogP contribution in [-0.4, -0.2) is 60.1 Å². The van der Waals surface area contributed by atoms with E-state index in [4.69, 9.17) is 9.73 Å². The van der Waals surface area contributed by atoms with Crippen molar-refractivity contribution in [3.63, 3.8) is 0 Å². The minimum Gasteiger partial charge on any atom is -0.497 e. The molecule has 2 aliphatic rings. The van der Waals surface area contributed by atoms with Crippen LogP contribution in [0.4, 0.5) is 22.7 Å². The number of fused-ring (bicyclic) bond motifs is 1. The summed E-state index contributed by atoms with van der Waals surface area (Å²) in [7, 11) is 1.65. The third-order valence-electron chi connectivity index (χ3n) is 6.71. The maximum Gasteiger partial charge on any atom is 0.305 e. The summed E-state index contributed by atoms with van der Waals surface area (Å²) in [6.07, 6.45) is -0.178. The zero-order valence-electron chi connectivity index (χ0n) is 20.4. The number of hydrogen-bond donors (Lipinski definition) is 1. The van der Waals surface area contributed by atoms with Crippen LogP contribution in [-0.2, 0) is 4.79 Å². The summed E-state index contributed by atoms with van der Waals surface area (Å²) >= 11 is 0. The summed E-state index contributed by atoms with van der Waals surface area (Å²) in [5, 5.41) is 21.3. The van der Waals surface area contributed by atoms with Gasteiger partial charge in [0, 0.05) is 55.6 Å². The number of nitro benzene ring substituents is 1. The number of non-ortho nitro benzene ring substituents is 1. The van der Waals surface area contributed by atoms with E-state index in [1.165, 1.54) is 12.1 Å². The van der Waals surface area contributed by atoms with Crippen molar-refractivity contribution >= 4 is 34.7 Å². The fourth-order valence-corrected chi connectivity index (χ4v) is 4.92. The van der Waals surface area contributed by atoms with Crippen LogP contribution in [0.15, 0.2) is 77.8 Å². The first-order chi connectivity index (χ1) is 17.9. The standard InChI is InChI=1S/C27H27N5O5/c1-37-22-9-5-6-19(17-22)29-12-14-30(15-13-29)27-28-24-11-3-2-10-23(24)25(18-26(33)34)31(27)20-7-4-8-21(16-20)32(35)36/h2-11,16-17,25H,12-15,18H2,1H3,(H,33,34). The summed E-state index contributed by atoms with van der Waals surface area (Å²) in [5.41, 5.74) is 3.02. The van der Waals surface area contributed by atoms with Crippen LogP contribution in [0, 0.1) is 10.1 Å². The predicted octanol–water partition coefficient (Wildman–Crippen LogP) is 4.45. The molecule has 10 heteroatoms. The number of ether oxygens (including phenoxy) is 1. The fraction of sp³-hybridized carbons (Fsp3) is 0.259. The molecule has 0 aliphatic carbocycles. The first-order valence-electron chi connectivity index (χ1n) is 12.0. The average molecular weight is 502 g/mol. The van der Waals surface area contributed by atoms with Gasteiger partial charge >= 0.3 is 5.97 Å². The Labute approximate surface area is 214 Å². The highest BCUT2D eigenvalue weighted by molar-refractivity contribution is 6.01. The summed E-state index contributed by atoms with van der Waals surface area (Å²) in [6.45, 7) is 2.73. The predicted molar refractivity (Wildman–Crippen MR) is 141 cm³/mol. The Bertz CT molecular complexity index is 1350. The van der Waals surface area contributed by atoms with Gasteiger partial charge in [-0.25, -0.2) is 4.99 Å². The van der Waals surface area contributed by atoms with Crippen LogP contribution in [0.5, 0.6) is 5.75 Å². The van der Waals surface area contributed by atoms with Gasteiger partial charge in [-0.2, -0.15) is 0 Å². The molecule has 0 aromatic heterocycles. The topological polar surface area (TPSA) is 112 Å². The molecule has 10 nitrogen and oxygen atoms in total. The molecule has 1 unspecified atom stereocenters. The second-order valence-corrected chi connectivity index (χ2v) is 8.91. The van der Waals surface area contributed by atoms with E-state index in [2.05, 4.69) is 9.80 Å². The number of piperazine rings is 1. The number of guanidine groups is 1. The fourth-order valence-electron chi connectivity index (χ4n) is 4.92. The molecule has 0 saturated carbocycles. The van der Waals surface area contributed by atoms with E-state index in [-0.39, 0.29) is 12.1 Å². The van der Waals surface area contributed by atoms with Gasteiger partial charge < -0.3 is 24.5 Å². The monoisotopic (exact) mass is 501 g/mol. The minimum atomic E-state index is -0.959. The van der Waals surface area contributed by atoms with Crippen LogP contribution in [0.25, 0.3) is 0 Å². The van der Waals surface area contributed by atoms with Crippen molar-refractivity contribution in [2.75, 3.05) is 43.1 Å². The van der Waals surface area contributed by atoms with Gasteiger partial charge in [-0.05, 0) is 24.3 Å². The molecule has 3 aromatic carbocycles. The SMILES string of the molecule is COc1cccc(N2CCN(C3=Nc4ccccc4C(CC(=O)O)N3c3cccc([N+](=O)[O-])c3)CC2)c1. The van der Waals surface area contributed by atoms with E-state index < -0.39 is 16.9 Å². The van der Waals surface area contributed by atoms with Crippen molar-refractivity contribution in [3.8, 4) is 5.75 Å². The number of carboxylic acid groups (broad SMARTS) is 1. The van der Waals surface area contributed by atoms with E-state index >= 15 is 0 Å². The van der Waals surface area contributed by atoms with Crippen molar-refractivity contribution in [3.05, 3.63) is 88.5 Å². The van der Waals surface area contributed by atoms with E-state index in [1.54, 1.807) is 19.2 Å². The molecule has 0 bridgehead atoms. The lowest BCUT2D eigenvalue weighted by Gasteiger charge is -2.45. The zero-order valence-corrected chi connectivity index (χ0v) is 20.4. The molecular formula is C27H27N5O5. The molecule has 0 spiro atoms. The molecule has 2 heterocycles. The van der Waals surface area contributed by atoms with Crippen LogP contribution >= 0.6 is 0 Å². The van der Waals surface area contributed by atoms with E-state index in [0.717, 1.165) is 30.1 Å². The molecule has 0 amide bonds. The highest BCUT2D eigenvalue weighted by Crippen LogP contribution is 2.41. The molecule has 2 aliphatic heterocycles. The third kappa shape index (κ3) is 4.90. The molecule has 1 fully saturated rings. The Morgan fingerprint density at radius 1 is 1.00 bits per heavy atom. The number of aliphatic imine (C=N–C) groups is 1. The Morgan fingerprint density at radius 2 is 1.70 bits per heavy atom. The summed E-state index contributed by atoms with van der Waals surface area (Å²) in [5.74, 6) is 0.427. The zero-order chi connectivity index (χ0) is 25.9. The number of methoxy groups -OCH3 is 1. The lowest BCUT2D eigenvalue weighted by Crippen LogP contribution is -2.55. The maximum absolute atomic E-state index is 12.0. The Balaban J connectivity index is 1.51. The summed E-state index contributed by atoms with van der Waals surface area (Å²) in [4.78, 5) is 34.2. The van der Waals surface area contributed by atoms with Gasteiger partial charge in [0.25, 0.3) is 5.69 Å². The molecule has 3 aromatic rings. The molecule has 1 saturated heterocycles. The van der Waals surface area contributed by atoms with Crippen molar-refractivity contribution < 1.29 is 19.6 Å². The second-order valence-electron chi connectivity index (χ2n) is 8.91. The van der Waals surface area contributed by atoms with Gasteiger partial charge in [0.05, 0.1) is 35.9 Å². The number of rotatable bonds is 6. The number of hydrogen-bond acceptors (Lipinski definition) is 8. The number of nitro groups is 1. The number of aliphatic carboxylic acids is 1. The van der Waals surface area contributed by atoms with Gasteiger partial charge in [0.1, 0.15) is 5.75 Å². The number of anilines is 2. The van der Waals surface area contributed by atoms with Crippen LogP contribution in [0.2, 0.25) is 0 Å². The highest BCUT2D eigenvalue weighted by atomic mass is 16.6. The quantitative estimate of drug-likeness (QED) is 0.390. The van der Waals surface area contributed by atoms with E-state index in [9.17, 15) is 20.0 Å². The number of carbonyl (C=O) groups is 1. The van der Waals surface area contributed by atoms with Crippen molar-refractivity contribution in [1.82, 2.24) is 4.90 Å². The Hall–Kier alpha value is -4.60. The first-order valence-corrected chi connectivity index (χ1v) is 12.0. The molecule has 1 atom stereocenters. The smallest absolute Gasteiger partial charge is 0.305 e. The van der Waals surface area contributed by atoms with Crippen LogP contribution in [0.1, 0.15) is 18.0 Å². The third-order valence-corrected chi connectivity index (χ3v) is 6.71. The molecule has 5 rings (SSSR count). The van der Waals surface area contributed by atoms with Crippen LogP contribution in [0.3, 0.4) is 0 Å². The number of benzene rings is 3. The van der Waals surface area contributed by atoms with Gasteiger partial charge in [-0.1, -0.05) is 30.3 Å². The van der Waals surface area contributed by atoms with Gasteiger partial charge in [-0.15, -0.1) is 0 Å². The lowest BCUT2D eigenvalue weighted by atomic mass is 9.97. The summed E-state index contributed by atoms with van der Waals surface area (Å²) in [6, 6.07) is 21.1. The Kier molecular flexibility index (Phi) is 6.63. The molecule has 37 heavy (non-hydrogen) atoms. The number of carboxylic acids is 1. The van der Waals surface area contributed by atoms with Crippen molar-refractivity contribution in [1.29, 1.82) is 0 Å². The number of para-hydroxylation sites is 1. The lowest BCUT2D eigenvalue weighted by molar-refractivity contribution is -0.384. The minimum absolute atomic E-state index is 0.0624. The summed E-state index contributed by atoms with van der Waals surface area (Å²) < 4.78 is 5.37. The molecular weight excluding hydrogens is 474 g/mol. The number of nitrogens with zero attached hydrogens (tertiary/aromatic N) is 5. The largest absolute Gasteiger partial charge is 0.497 e. The Morgan fingerprint density at radius 3 is 2.43 bits per heavy atom. The highest BCUT2D eigenvalue weighted by Gasteiger charge is 2.36. The van der Waals surface area contributed by atoms with Crippen molar-refractivity contribution in [2.24, 2.45) is 4.99 Å². The van der Waals surface area contributed by atoms with E-state index in [0.29, 0.717) is 30.4 Å². The van der Waals surface area contributed by atoms with Crippen molar-refractivity contribution in [2.45, 2.75) is 12.5 Å². The van der Waals surface area contributed by atoms with Gasteiger partial charge in [0.2, 0.25) is 5.96 Å². The molecule has 1 N–H and O–H groups in total. The second kappa shape index (κ2) is 10.2. The maximum atomic E-state index is 12.0. The molecule has 190 valence electrons. The molecule has 0 radical (unpaired) electrons. The first kappa shape index (κ1) is 24.1. The van der Waals surface area contributed by atoms with Gasteiger partial charge in [-0.3, -0.25) is 14.9 Å². The van der Waals surface area contributed by atoms with Crippen LogP contribution < -0.4 is 14.5 Å².